The maximum atomic E-state index is 13.7. The van der Waals surface area contributed by atoms with E-state index in [0.29, 0.717) is 108 Å². The summed E-state index contributed by atoms with van der Waals surface area (Å²) in [5, 5.41) is 67.3. The van der Waals surface area contributed by atoms with Crippen molar-refractivity contribution >= 4 is 87.6 Å². The molecule has 3 fully saturated rings. The Morgan fingerprint density at radius 1 is 0.390 bits per heavy atom. The van der Waals surface area contributed by atoms with Crippen molar-refractivity contribution in [2.75, 3.05) is 51.8 Å². The molecule has 594 valence electrons. The summed E-state index contributed by atoms with van der Waals surface area (Å²) < 4.78 is 5.51. The first-order valence-electron chi connectivity index (χ1n) is 40.0. The summed E-state index contributed by atoms with van der Waals surface area (Å²) in [5.41, 5.74) is 13.2. The molecule has 21 rings (SSSR count). The second-order valence-electron chi connectivity index (χ2n) is 31.6. The van der Waals surface area contributed by atoms with Crippen molar-refractivity contribution in [2.45, 2.75) is 134 Å². The predicted octanol–water partition coefficient (Wildman–Crippen LogP) is 13.7. The molecule has 6 atom stereocenters. The first-order chi connectivity index (χ1) is 57.2. The molecule has 6 aliphatic heterocycles. The van der Waals surface area contributed by atoms with Gasteiger partial charge in [-0.3, -0.25) is 58.7 Å². The molecule has 12 aromatic rings. The summed E-state index contributed by atoms with van der Waals surface area (Å²) in [5.74, 6) is 4.81. The van der Waals surface area contributed by atoms with Gasteiger partial charge in [-0.1, -0.05) is 109 Å². The Kier molecular flexibility index (Phi) is 18.5. The molecule has 0 bridgehead atoms. The smallest absolute Gasteiger partial charge is 0.267 e. The first-order valence-corrected chi connectivity index (χ1v) is 40.0. The number of guanidine groups is 3. The fourth-order valence-corrected chi connectivity index (χ4v) is 17.7. The molecule has 7 N–H and O–H groups in total. The molecule has 0 spiro atoms. The van der Waals surface area contributed by atoms with Gasteiger partial charge >= 0.3 is 0 Å². The van der Waals surface area contributed by atoms with Gasteiger partial charge in [0.15, 0.2) is 28.9 Å². The molecule has 118 heavy (non-hydrogen) atoms. The predicted molar refractivity (Wildman–Crippen MR) is 452 cm³/mol. The van der Waals surface area contributed by atoms with Crippen LogP contribution in [0.5, 0.6) is 11.5 Å². The van der Waals surface area contributed by atoms with E-state index in [1.165, 1.54) is 9.80 Å². The van der Waals surface area contributed by atoms with E-state index in [9.17, 15) is 34.8 Å². The molecule has 28 nitrogen and oxygen atoms in total. The third-order valence-corrected chi connectivity index (χ3v) is 23.7. The summed E-state index contributed by atoms with van der Waals surface area (Å²) >= 11 is 0. The first kappa shape index (κ1) is 74.3. The van der Waals surface area contributed by atoms with Crippen LogP contribution in [0.25, 0.3) is 33.8 Å². The summed E-state index contributed by atoms with van der Waals surface area (Å²) in [4.78, 5) is 79.9. The van der Waals surface area contributed by atoms with Crippen LogP contribution in [0.4, 0.5) is 52.0 Å². The van der Waals surface area contributed by atoms with E-state index in [1.54, 1.807) is 79.3 Å². The Labute approximate surface area is 680 Å². The highest BCUT2D eigenvalue weighted by Crippen LogP contribution is 2.50. The van der Waals surface area contributed by atoms with Crippen molar-refractivity contribution in [3.63, 3.8) is 0 Å². The Morgan fingerprint density at radius 3 is 1.12 bits per heavy atom. The Bertz CT molecular complexity index is 6050. The van der Waals surface area contributed by atoms with Crippen LogP contribution in [0.3, 0.4) is 0 Å². The molecule has 6 aromatic carbocycles. The average molecular weight is 1570 g/mol. The number of nitrogens with one attached hydrogen (secondary N) is 3. The van der Waals surface area contributed by atoms with Crippen LogP contribution in [0.15, 0.2) is 221 Å². The standard InChI is InChI=1S/C30H29N7O3.2C30H29N7O2/c1-18-5-3-6-23(31-18)20-10-8-19(9-11-20)17-36-26(32-21-12-14-22(38)15-13-21)25-27(34-36)37-24-7-4-16-30(24,40)33-29(37)35(2)28(25)39;1-18-5-3-6-23(31-18)20-11-9-19(10-12-20)17-36-27(32-21-13-15-22(38)16-14-21)26-28(34-36)37-25-8-4-7-24(25)33-30(37)35(2)29(26)39;1-19-8-6-11-23(31-19)21-15-13-20(14-16-21)18-36-26(32-22-9-4-3-5-10-22)25-27(34-36)37-24-12-7-17-30(24,39)33-29(37)35(2)28(25)38/h3,5-6,8-15,24,32,38,40H,4,7,16-17H2,1-2H3;3,5-6,9-16,24-25,32,38H,4,7-8,17H2,1-2H3;3-6,8-11,13-16,24,32,39H,7,12,17-18H2,1-2H3/t24-,30-;24-,25+;24-,30-/m010/s1. The lowest BCUT2D eigenvalue weighted by molar-refractivity contribution is 0.0507. The third-order valence-electron chi connectivity index (χ3n) is 23.7. The van der Waals surface area contributed by atoms with Crippen LogP contribution in [0.1, 0.15) is 123 Å². The van der Waals surface area contributed by atoms with Gasteiger partial charge in [-0.2, -0.15) is 15.3 Å². The number of pyridine rings is 3. The minimum absolute atomic E-state index is 0.131. The molecule has 9 aliphatic rings. The van der Waals surface area contributed by atoms with Gasteiger partial charge in [0.1, 0.15) is 45.6 Å². The number of rotatable bonds is 15. The quantitative estimate of drug-likeness (QED) is 0.0469. The van der Waals surface area contributed by atoms with E-state index in [-0.39, 0.29) is 53.4 Å². The van der Waals surface area contributed by atoms with Crippen LogP contribution in [0.2, 0.25) is 0 Å². The van der Waals surface area contributed by atoms with Crippen LogP contribution < -0.4 is 30.7 Å². The lowest BCUT2D eigenvalue weighted by Gasteiger charge is -2.34. The van der Waals surface area contributed by atoms with Gasteiger partial charge < -0.3 is 36.4 Å². The number of aliphatic imine (C=N–C) groups is 3. The molecular weight excluding hydrogens is 1490 g/mol. The molecule has 28 heteroatoms. The van der Waals surface area contributed by atoms with Crippen LogP contribution in [-0.2, 0) is 19.6 Å². The van der Waals surface area contributed by atoms with E-state index >= 15 is 0 Å². The molecule has 0 radical (unpaired) electrons. The number of phenols is 2. The fourth-order valence-electron chi connectivity index (χ4n) is 17.7. The van der Waals surface area contributed by atoms with Crippen LogP contribution in [0, 0.1) is 20.8 Å². The number of aromatic hydroxyl groups is 2. The molecular formula is C90H87N21O7. The summed E-state index contributed by atoms with van der Waals surface area (Å²) in [6.45, 7) is 7.28. The Morgan fingerprint density at radius 2 is 0.746 bits per heavy atom. The monoisotopic (exact) mass is 1570 g/mol. The number of carbonyl (C=O) groups excluding carboxylic acids is 3. The summed E-state index contributed by atoms with van der Waals surface area (Å²) in [7, 11) is 5.18. The highest BCUT2D eigenvalue weighted by molar-refractivity contribution is 6.23. The zero-order valence-electron chi connectivity index (χ0n) is 66.0. The minimum Gasteiger partial charge on any atom is -0.508 e. The highest BCUT2D eigenvalue weighted by Gasteiger charge is 2.59. The largest absolute Gasteiger partial charge is 0.508 e. The number of aliphatic hydroxyl groups is 2. The minimum atomic E-state index is -1.22. The van der Waals surface area contributed by atoms with E-state index < -0.39 is 11.4 Å². The van der Waals surface area contributed by atoms with Crippen molar-refractivity contribution in [3.8, 4) is 45.3 Å². The lowest BCUT2D eigenvalue weighted by Crippen LogP contribution is -2.52. The van der Waals surface area contributed by atoms with E-state index in [1.807, 2.05) is 149 Å². The fraction of sp³-hybridized carbons (Fsp3) is 0.267. The Hall–Kier alpha value is -13.9. The zero-order chi connectivity index (χ0) is 81.0. The van der Waals surface area contributed by atoms with Gasteiger partial charge in [-0.05, 0) is 192 Å². The lowest BCUT2D eigenvalue weighted by atomic mass is 10.1. The van der Waals surface area contributed by atoms with Gasteiger partial charge in [0, 0.05) is 72.0 Å². The number of hydrogen-bond donors (Lipinski definition) is 7. The summed E-state index contributed by atoms with van der Waals surface area (Å²) in [6, 6.07) is 65.9. The van der Waals surface area contributed by atoms with Crippen molar-refractivity contribution < 1.29 is 34.8 Å². The molecule has 6 aromatic heterocycles. The number of benzene rings is 6. The number of phenolic OH excluding ortho intramolecular Hbond substituents is 2. The Balaban J connectivity index is 0.000000118. The van der Waals surface area contributed by atoms with Crippen molar-refractivity contribution in [1.29, 1.82) is 0 Å². The second kappa shape index (κ2) is 29.5. The van der Waals surface area contributed by atoms with Crippen molar-refractivity contribution in [1.82, 2.24) is 59.0 Å². The van der Waals surface area contributed by atoms with Crippen LogP contribution in [-0.4, -0.2) is 172 Å². The number of para-hydroxylation sites is 1. The topological polar surface area (TPSA) is 317 Å². The molecule has 3 saturated carbocycles. The number of fused-ring (bicyclic) bond motifs is 15. The normalized spacial score (nSPS) is 20.7. The molecule has 3 aliphatic carbocycles. The average Bonchev–Trinajstić information content (AvgIpc) is 1.54. The number of aromatic nitrogens is 9. The molecule has 12 heterocycles. The van der Waals surface area contributed by atoms with Gasteiger partial charge in [0.25, 0.3) is 17.7 Å². The van der Waals surface area contributed by atoms with Gasteiger partial charge in [0.05, 0.1) is 60.9 Å². The maximum absolute atomic E-state index is 13.7. The SMILES string of the molecule is Cc1cccc(-c2ccc(Cn3nc4c(c3Nc3ccc(O)cc3)C(=O)N(C)C3=N[C@@H]5CCC[C@@H]5N34)cc2)n1.Cc1cccc(-c2ccc(Cn3nc4c(c3Nc3ccc(O)cc3)C(=O)N(C)C3=N[C@]5(O)CCC[C@@H]5N34)cc2)n1.Cc1cccc(-c2ccc(Cn3nc4c(c3Nc3ccccc3)C(=O)N(C)C3=N[C@]5(O)CCC[C@@H]5N34)cc2)n1. The van der Waals surface area contributed by atoms with Gasteiger partial charge in [-0.25, -0.2) is 29.0 Å². The number of nitrogens with zero attached hydrogens (tertiary/aromatic N) is 18. The molecule has 0 unspecified atom stereocenters. The van der Waals surface area contributed by atoms with E-state index in [4.69, 9.17) is 20.3 Å². The van der Waals surface area contributed by atoms with E-state index in [2.05, 4.69) is 94.3 Å². The molecule has 3 amide bonds. The van der Waals surface area contributed by atoms with Crippen molar-refractivity contribution in [2.24, 2.45) is 15.0 Å². The van der Waals surface area contributed by atoms with E-state index in [0.717, 1.165) is 124 Å². The van der Waals surface area contributed by atoms with Gasteiger partial charge in [0.2, 0.25) is 17.9 Å². The number of aryl methyl sites for hydroxylation is 3. The number of anilines is 9. The van der Waals surface area contributed by atoms with Crippen LogP contribution >= 0.6 is 0 Å². The highest BCUT2D eigenvalue weighted by atomic mass is 16.3. The van der Waals surface area contributed by atoms with Crippen molar-refractivity contribution in [3.05, 3.63) is 257 Å². The number of hydrogen-bond acceptors (Lipinski definition) is 22. The zero-order valence-corrected chi connectivity index (χ0v) is 66.0. The maximum Gasteiger partial charge on any atom is 0.267 e. The number of amides is 3. The third kappa shape index (κ3) is 13.3. The summed E-state index contributed by atoms with van der Waals surface area (Å²) in [6.07, 6.45) is 7.58. The number of carbonyl (C=O) groups is 3. The molecule has 0 saturated heterocycles. The van der Waals surface area contributed by atoms with Gasteiger partial charge in [-0.15, -0.1) is 0 Å². The second-order valence-corrected chi connectivity index (χ2v) is 31.6.